The lowest BCUT2D eigenvalue weighted by molar-refractivity contribution is -0.151. The van der Waals surface area contributed by atoms with E-state index in [1.54, 1.807) is 7.11 Å². The van der Waals surface area contributed by atoms with Crippen LogP contribution < -0.4 is 4.74 Å². The van der Waals surface area contributed by atoms with Crippen molar-refractivity contribution in [3.8, 4) is 5.75 Å². The summed E-state index contributed by atoms with van der Waals surface area (Å²) in [6, 6.07) is 15.1. The van der Waals surface area contributed by atoms with Crippen molar-refractivity contribution in [1.29, 1.82) is 0 Å². The highest BCUT2D eigenvalue weighted by Crippen LogP contribution is 2.47. The minimum Gasteiger partial charge on any atom is -0.497 e. The monoisotopic (exact) mass is 518 g/mol. The molecule has 5 rings (SSSR count). The van der Waals surface area contributed by atoms with Gasteiger partial charge in [0.15, 0.2) is 0 Å². The van der Waals surface area contributed by atoms with E-state index in [4.69, 9.17) is 9.47 Å². The molecule has 0 radical (unpaired) electrons. The minimum absolute atomic E-state index is 0.0124. The number of amides is 2. The van der Waals surface area contributed by atoms with Crippen molar-refractivity contribution in [2.75, 3.05) is 26.8 Å². The zero-order valence-electron chi connectivity index (χ0n) is 22.4. The zero-order valence-corrected chi connectivity index (χ0v) is 22.4. The van der Waals surface area contributed by atoms with Gasteiger partial charge in [0.1, 0.15) is 5.75 Å². The Labute approximate surface area is 225 Å². The summed E-state index contributed by atoms with van der Waals surface area (Å²) in [7, 11) is 1.63. The number of carbonyl (C=O) groups excluding carboxylic acids is 3. The van der Waals surface area contributed by atoms with Crippen molar-refractivity contribution >= 4 is 17.8 Å². The SMILES string of the molecule is CCOC(=O)C1CCN(C(=O)[C@H]2c3ccccc3C(=O)N(C3CCCCC3)[C@@H]2c2ccc(OC)cc2)CC1. The number of hydrogen-bond acceptors (Lipinski definition) is 5. The number of benzene rings is 2. The summed E-state index contributed by atoms with van der Waals surface area (Å²) in [5.74, 6) is -0.0850. The fraction of sp³-hybridized carbons (Fsp3) is 0.516. The van der Waals surface area contributed by atoms with Gasteiger partial charge in [-0.05, 0) is 61.9 Å². The molecule has 0 N–H and O–H groups in total. The molecule has 2 aromatic rings. The molecule has 0 unspecified atom stereocenters. The largest absolute Gasteiger partial charge is 0.497 e. The van der Waals surface area contributed by atoms with Gasteiger partial charge in [0.25, 0.3) is 5.91 Å². The molecule has 2 fully saturated rings. The van der Waals surface area contributed by atoms with Gasteiger partial charge >= 0.3 is 5.97 Å². The maximum atomic E-state index is 14.4. The molecule has 0 aromatic heterocycles. The number of methoxy groups -OCH3 is 1. The first-order chi connectivity index (χ1) is 18.5. The van der Waals surface area contributed by atoms with Gasteiger partial charge in [-0.3, -0.25) is 14.4 Å². The van der Waals surface area contributed by atoms with Gasteiger partial charge in [0.2, 0.25) is 5.91 Å². The lowest BCUT2D eigenvalue weighted by Crippen LogP contribution is -2.53. The minimum atomic E-state index is -0.515. The third-order valence-corrected chi connectivity index (χ3v) is 8.49. The van der Waals surface area contributed by atoms with E-state index < -0.39 is 12.0 Å². The molecule has 7 heteroatoms. The summed E-state index contributed by atoms with van der Waals surface area (Å²) in [5.41, 5.74) is 2.37. The lowest BCUT2D eigenvalue weighted by Gasteiger charge is -2.48. The second-order valence-corrected chi connectivity index (χ2v) is 10.6. The number of carbonyl (C=O) groups is 3. The number of nitrogens with zero attached hydrogens (tertiary/aromatic N) is 2. The quantitative estimate of drug-likeness (QED) is 0.497. The Balaban J connectivity index is 1.53. The fourth-order valence-corrected chi connectivity index (χ4v) is 6.53. The van der Waals surface area contributed by atoms with Crippen LogP contribution in [0.1, 0.15) is 85.3 Å². The molecular formula is C31H38N2O5. The Hall–Kier alpha value is -3.35. The van der Waals surface area contributed by atoms with Gasteiger partial charge in [-0.15, -0.1) is 0 Å². The van der Waals surface area contributed by atoms with Crippen molar-refractivity contribution in [2.24, 2.45) is 5.92 Å². The summed E-state index contributed by atoms with van der Waals surface area (Å²) < 4.78 is 10.6. The van der Waals surface area contributed by atoms with Crippen LogP contribution in [0.15, 0.2) is 48.5 Å². The third kappa shape index (κ3) is 5.03. The Kier molecular flexibility index (Phi) is 8.01. The van der Waals surface area contributed by atoms with E-state index in [0.717, 1.165) is 42.6 Å². The summed E-state index contributed by atoms with van der Waals surface area (Å²) in [6.07, 6.45) is 6.45. The van der Waals surface area contributed by atoms with Gasteiger partial charge in [0.05, 0.1) is 31.6 Å². The molecule has 38 heavy (non-hydrogen) atoms. The van der Waals surface area contributed by atoms with Crippen LogP contribution in [0.3, 0.4) is 0 Å². The third-order valence-electron chi connectivity index (χ3n) is 8.49. The Morgan fingerprint density at radius 1 is 0.921 bits per heavy atom. The predicted molar refractivity (Wildman–Crippen MR) is 144 cm³/mol. The molecule has 1 saturated carbocycles. The van der Waals surface area contributed by atoms with Crippen LogP contribution in [0.4, 0.5) is 0 Å². The van der Waals surface area contributed by atoms with Crippen LogP contribution in [0, 0.1) is 5.92 Å². The number of ether oxygens (including phenoxy) is 2. The predicted octanol–water partition coefficient (Wildman–Crippen LogP) is 5.11. The Bertz CT molecular complexity index is 1150. The number of rotatable bonds is 6. The average Bonchev–Trinajstić information content (AvgIpc) is 2.97. The molecular weight excluding hydrogens is 480 g/mol. The number of hydrogen-bond donors (Lipinski definition) is 0. The van der Waals surface area contributed by atoms with Crippen LogP contribution in [0.25, 0.3) is 0 Å². The summed E-state index contributed by atoms with van der Waals surface area (Å²) >= 11 is 0. The van der Waals surface area contributed by atoms with Crippen LogP contribution in [-0.2, 0) is 14.3 Å². The van der Waals surface area contributed by atoms with E-state index in [9.17, 15) is 14.4 Å². The van der Waals surface area contributed by atoms with E-state index in [0.29, 0.717) is 38.1 Å². The molecule has 202 valence electrons. The van der Waals surface area contributed by atoms with Crippen LogP contribution in [0.5, 0.6) is 5.75 Å². The second-order valence-electron chi connectivity index (χ2n) is 10.6. The van der Waals surface area contributed by atoms with E-state index in [1.807, 2.05) is 65.3 Å². The van der Waals surface area contributed by atoms with E-state index in [1.165, 1.54) is 6.42 Å². The summed E-state index contributed by atoms with van der Waals surface area (Å²) in [4.78, 5) is 44.7. The molecule has 7 nitrogen and oxygen atoms in total. The standard InChI is InChI=1S/C31H38N2O5/c1-3-38-31(36)22-17-19-32(20-18-22)30(35)27-25-11-7-8-12-26(25)29(34)33(23-9-5-4-6-10-23)28(27)21-13-15-24(37-2)16-14-21/h7-8,11-16,22-23,27-28H,3-6,9-10,17-20H2,1-2H3/t27-,28+/m0/s1. The first kappa shape index (κ1) is 26.3. The van der Waals surface area contributed by atoms with E-state index in [2.05, 4.69) is 0 Å². The Morgan fingerprint density at radius 2 is 1.61 bits per heavy atom. The molecule has 2 aliphatic heterocycles. The van der Waals surface area contributed by atoms with Gasteiger partial charge in [0, 0.05) is 24.7 Å². The highest BCUT2D eigenvalue weighted by Gasteiger charge is 2.48. The van der Waals surface area contributed by atoms with E-state index in [-0.39, 0.29) is 29.7 Å². The average molecular weight is 519 g/mol. The zero-order chi connectivity index (χ0) is 26.6. The summed E-state index contributed by atoms with van der Waals surface area (Å²) in [6.45, 7) is 3.20. The van der Waals surface area contributed by atoms with Gasteiger partial charge in [-0.1, -0.05) is 49.6 Å². The van der Waals surface area contributed by atoms with Crippen molar-refractivity contribution in [1.82, 2.24) is 9.80 Å². The van der Waals surface area contributed by atoms with Crippen molar-refractivity contribution in [2.45, 2.75) is 69.9 Å². The molecule has 2 atom stereocenters. The smallest absolute Gasteiger partial charge is 0.309 e. The van der Waals surface area contributed by atoms with Crippen molar-refractivity contribution in [3.05, 3.63) is 65.2 Å². The maximum absolute atomic E-state index is 14.4. The highest BCUT2D eigenvalue weighted by molar-refractivity contribution is 6.01. The fourth-order valence-electron chi connectivity index (χ4n) is 6.53. The maximum Gasteiger partial charge on any atom is 0.309 e. The highest BCUT2D eigenvalue weighted by atomic mass is 16.5. The van der Waals surface area contributed by atoms with Gasteiger partial charge in [-0.2, -0.15) is 0 Å². The van der Waals surface area contributed by atoms with Gasteiger partial charge < -0.3 is 19.3 Å². The molecule has 2 amide bonds. The van der Waals surface area contributed by atoms with Crippen LogP contribution in [0.2, 0.25) is 0 Å². The van der Waals surface area contributed by atoms with Crippen LogP contribution in [-0.4, -0.2) is 60.4 Å². The molecule has 3 aliphatic rings. The van der Waals surface area contributed by atoms with Crippen molar-refractivity contribution in [3.63, 3.8) is 0 Å². The summed E-state index contributed by atoms with van der Waals surface area (Å²) in [5, 5.41) is 0. The normalized spacial score (nSPS) is 22.6. The first-order valence-corrected chi connectivity index (χ1v) is 14.0. The lowest BCUT2D eigenvalue weighted by atomic mass is 9.76. The van der Waals surface area contributed by atoms with Crippen LogP contribution >= 0.6 is 0 Å². The van der Waals surface area contributed by atoms with Crippen molar-refractivity contribution < 1.29 is 23.9 Å². The first-order valence-electron chi connectivity index (χ1n) is 14.0. The second kappa shape index (κ2) is 11.6. The number of esters is 1. The van der Waals surface area contributed by atoms with E-state index >= 15 is 0 Å². The topological polar surface area (TPSA) is 76.2 Å². The molecule has 2 aromatic carbocycles. The Morgan fingerprint density at radius 3 is 2.26 bits per heavy atom. The van der Waals surface area contributed by atoms with Gasteiger partial charge in [-0.25, -0.2) is 0 Å². The molecule has 0 bridgehead atoms. The number of piperidine rings is 1. The molecule has 0 spiro atoms. The number of likely N-dealkylation sites (tertiary alicyclic amines) is 1. The molecule has 1 saturated heterocycles. The number of fused-ring (bicyclic) bond motifs is 1. The molecule has 2 heterocycles. The molecule has 1 aliphatic carbocycles.